The monoisotopic (exact) mass is 372 g/mol. The minimum atomic E-state index is 0.00228. The van der Waals surface area contributed by atoms with Gasteiger partial charge in [0.25, 0.3) is 0 Å². The van der Waals surface area contributed by atoms with E-state index in [4.69, 9.17) is 0 Å². The Bertz CT molecular complexity index is 942. The van der Waals surface area contributed by atoms with E-state index >= 15 is 0 Å². The summed E-state index contributed by atoms with van der Waals surface area (Å²) in [6, 6.07) is 17.0. The molecule has 1 amide bonds. The normalized spacial score (nSPS) is 13.9. The number of aromatic nitrogens is 2. The van der Waals surface area contributed by atoms with Crippen LogP contribution in [0, 0.1) is 0 Å². The van der Waals surface area contributed by atoms with Crippen molar-refractivity contribution in [3.63, 3.8) is 0 Å². The summed E-state index contributed by atoms with van der Waals surface area (Å²) in [6.07, 6.45) is 4.59. The molecule has 0 spiro atoms. The summed E-state index contributed by atoms with van der Waals surface area (Å²) >= 11 is 0. The van der Waals surface area contributed by atoms with E-state index in [1.54, 1.807) is 6.92 Å². The molecule has 0 saturated carbocycles. The second-order valence-corrected chi connectivity index (χ2v) is 7.40. The van der Waals surface area contributed by atoms with Gasteiger partial charge < -0.3 is 10.2 Å². The van der Waals surface area contributed by atoms with Crippen molar-refractivity contribution in [3.05, 3.63) is 77.6 Å². The van der Waals surface area contributed by atoms with E-state index in [9.17, 15) is 4.79 Å². The maximum atomic E-state index is 11.1. The molecule has 1 N–H and O–H groups in total. The third kappa shape index (κ3) is 4.03. The van der Waals surface area contributed by atoms with Crippen LogP contribution in [0.15, 0.2) is 60.9 Å². The Hall–Kier alpha value is -3.21. The molecule has 1 unspecified atom stereocenters. The van der Waals surface area contributed by atoms with Gasteiger partial charge in [-0.1, -0.05) is 48.5 Å². The van der Waals surface area contributed by atoms with Gasteiger partial charge in [-0.2, -0.15) is 0 Å². The standard InChI is InChI=1S/C23H24N4O/c1-16(26-17(2)28)11-18-7-9-19(10-8-18)22-12-24-23(25-13-22)27-14-20-5-3-4-6-21(20)15-27/h3-10,12-13,16H,11,14-15H2,1-2H3,(H,26,28). The molecule has 0 fully saturated rings. The number of carbonyl (C=O) groups excluding carboxylic acids is 1. The first kappa shape index (κ1) is 18.2. The highest BCUT2D eigenvalue weighted by Crippen LogP contribution is 2.26. The summed E-state index contributed by atoms with van der Waals surface area (Å²) in [4.78, 5) is 22.5. The predicted molar refractivity (Wildman–Crippen MR) is 111 cm³/mol. The highest BCUT2D eigenvalue weighted by atomic mass is 16.1. The Kier molecular flexibility index (Phi) is 5.06. The van der Waals surface area contributed by atoms with Gasteiger partial charge in [-0.25, -0.2) is 9.97 Å². The lowest BCUT2D eigenvalue weighted by Crippen LogP contribution is -2.31. The summed E-state index contributed by atoms with van der Waals surface area (Å²) < 4.78 is 0. The number of anilines is 1. The lowest BCUT2D eigenvalue weighted by atomic mass is 10.0. The van der Waals surface area contributed by atoms with Crippen LogP contribution in [0.5, 0.6) is 0 Å². The van der Waals surface area contributed by atoms with Gasteiger partial charge in [-0.3, -0.25) is 4.79 Å². The molecule has 0 saturated heterocycles. The van der Waals surface area contributed by atoms with Crippen molar-refractivity contribution in [2.75, 3.05) is 4.90 Å². The SMILES string of the molecule is CC(=O)NC(C)Cc1ccc(-c2cnc(N3Cc4ccccc4C3)nc2)cc1. The summed E-state index contributed by atoms with van der Waals surface area (Å²) in [5.74, 6) is 0.767. The largest absolute Gasteiger partial charge is 0.354 e. The van der Waals surface area contributed by atoms with Crippen LogP contribution in [0.1, 0.15) is 30.5 Å². The van der Waals surface area contributed by atoms with Crippen LogP contribution in [0.2, 0.25) is 0 Å². The quantitative estimate of drug-likeness (QED) is 0.741. The lowest BCUT2D eigenvalue weighted by molar-refractivity contribution is -0.119. The first-order chi connectivity index (χ1) is 13.6. The first-order valence-electron chi connectivity index (χ1n) is 9.58. The summed E-state index contributed by atoms with van der Waals surface area (Å²) in [5, 5.41) is 2.91. The van der Waals surface area contributed by atoms with E-state index in [1.807, 2.05) is 19.3 Å². The Morgan fingerprint density at radius 2 is 1.61 bits per heavy atom. The molecule has 1 aromatic heterocycles. The molecule has 5 heteroatoms. The highest BCUT2D eigenvalue weighted by Gasteiger charge is 2.20. The number of amides is 1. The molecule has 1 aliphatic heterocycles. The van der Waals surface area contributed by atoms with Gasteiger partial charge in [0.15, 0.2) is 0 Å². The van der Waals surface area contributed by atoms with Crippen molar-refractivity contribution < 1.29 is 4.79 Å². The van der Waals surface area contributed by atoms with Crippen LogP contribution in [0.3, 0.4) is 0 Å². The Labute approximate surface area is 165 Å². The summed E-state index contributed by atoms with van der Waals surface area (Å²) in [7, 11) is 0. The zero-order valence-corrected chi connectivity index (χ0v) is 16.2. The van der Waals surface area contributed by atoms with Crippen molar-refractivity contribution in [1.29, 1.82) is 0 Å². The molecule has 1 atom stereocenters. The smallest absolute Gasteiger partial charge is 0.225 e. The zero-order valence-electron chi connectivity index (χ0n) is 16.2. The number of nitrogens with one attached hydrogen (secondary N) is 1. The van der Waals surface area contributed by atoms with Crippen LogP contribution >= 0.6 is 0 Å². The summed E-state index contributed by atoms with van der Waals surface area (Å²) in [6.45, 7) is 5.27. The van der Waals surface area contributed by atoms with Crippen molar-refractivity contribution in [3.8, 4) is 11.1 Å². The summed E-state index contributed by atoms with van der Waals surface area (Å²) in [5.41, 5.74) is 5.98. The molecule has 2 heterocycles. The van der Waals surface area contributed by atoms with Crippen molar-refractivity contribution in [2.45, 2.75) is 39.4 Å². The van der Waals surface area contributed by atoms with E-state index in [1.165, 1.54) is 16.7 Å². The molecule has 2 aromatic carbocycles. The number of rotatable bonds is 5. The van der Waals surface area contributed by atoms with E-state index in [2.05, 4.69) is 68.7 Å². The molecular formula is C23H24N4O. The first-order valence-corrected chi connectivity index (χ1v) is 9.58. The molecule has 5 nitrogen and oxygen atoms in total. The molecule has 28 heavy (non-hydrogen) atoms. The second kappa shape index (κ2) is 7.80. The second-order valence-electron chi connectivity index (χ2n) is 7.40. The van der Waals surface area contributed by atoms with Gasteiger partial charge in [-0.15, -0.1) is 0 Å². The van der Waals surface area contributed by atoms with Gasteiger partial charge in [-0.05, 0) is 35.6 Å². The molecular weight excluding hydrogens is 348 g/mol. The molecule has 142 valence electrons. The van der Waals surface area contributed by atoms with E-state index in [0.717, 1.165) is 36.6 Å². The number of hydrogen-bond donors (Lipinski definition) is 1. The fourth-order valence-corrected chi connectivity index (χ4v) is 3.69. The molecule has 3 aromatic rings. The van der Waals surface area contributed by atoms with Crippen molar-refractivity contribution >= 4 is 11.9 Å². The van der Waals surface area contributed by atoms with Crippen LogP contribution in [-0.2, 0) is 24.3 Å². The van der Waals surface area contributed by atoms with Crippen molar-refractivity contribution in [2.24, 2.45) is 0 Å². The third-order valence-electron chi connectivity index (χ3n) is 5.04. The third-order valence-corrected chi connectivity index (χ3v) is 5.04. The fraction of sp³-hybridized carbons (Fsp3) is 0.261. The van der Waals surface area contributed by atoms with E-state index in [-0.39, 0.29) is 11.9 Å². The average molecular weight is 372 g/mol. The Morgan fingerprint density at radius 3 is 2.18 bits per heavy atom. The lowest BCUT2D eigenvalue weighted by Gasteiger charge is -2.15. The zero-order chi connectivity index (χ0) is 19.5. The number of fused-ring (bicyclic) bond motifs is 1. The Morgan fingerprint density at radius 1 is 1.00 bits per heavy atom. The van der Waals surface area contributed by atoms with Gasteiger partial charge in [0, 0.05) is 44.0 Å². The molecule has 0 aliphatic carbocycles. The number of hydrogen-bond acceptors (Lipinski definition) is 4. The maximum absolute atomic E-state index is 11.1. The molecule has 4 rings (SSSR count). The Balaban J connectivity index is 1.42. The highest BCUT2D eigenvalue weighted by molar-refractivity contribution is 5.73. The van der Waals surface area contributed by atoms with Crippen LogP contribution in [-0.4, -0.2) is 21.9 Å². The minimum absolute atomic E-state index is 0.00228. The predicted octanol–water partition coefficient (Wildman–Crippen LogP) is 3.73. The molecule has 0 bridgehead atoms. The van der Waals surface area contributed by atoms with E-state index < -0.39 is 0 Å². The fourth-order valence-electron chi connectivity index (χ4n) is 3.69. The molecule has 1 aliphatic rings. The van der Waals surface area contributed by atoms with Gasteiger partial charge in [0.1, 0.15) is 0 Å². The van der Waals surface area contributed by atoms with Gasteiger partial charge in [0.05, 0.1) is 0 Å². The maximum Gasteiger partial charge on any atom is 0.225 e. The number of carbonyl (C=O) groups is 1. The van der Waals surface area contributed by atoms with Gasteiger partial charge >= 0.3 is 0 Å². The topological polar surface area (TPSA) is 58.1 Å². The molecule has 0 radical (unpaired) electrons. The van der Waals surface area contributed by atoms with Crippen LogP contribution < -0.4 is 10.2 Å². The van der Waals surface area contributed by atoms with Crippen LogP contribution in [0.4, 0.5) is 5.95 Å². The minimum Gasteiger partial charge on any atom is -0.354 e. The van der Waals surface area contributed by atoms with E-state index in [0.29, 0.717) is 0 Å². The number of nitrogens with zero attached hydrogens (tertiary/aromatic N) is 3. The average Bonchev–Trinajstić information content (AvgIpc) is 3.12. The van der Waals surface area contributed by atoms with Crippen LogP contribution in [0.25, 0.3) is 11.1 Å². The number of benzene rings is 2. The van der Waals surface area contributed by atoms with Crippen molar-refractivity contribution in [1.82, 2.24) is 15.3 Å². The van der Waals surface area contributed by atoms with Gasteiger partial charge in [0.2, 0.25) is 11.9 Å².